The van der Waals surface area contributed by atoms with Crippen molar-refractivity contribution < 1.29 is 4.74 Å². The molecule has 0 amide bonds. The van der Waals surface area contributed by atoms with Crippen LogP contribution >= 0.6 is 11.3 Å². The fraction of sp³-hybridized carbons (Fsp3) is 0.222. The van der Waals surface area contributed by atoms with Gasteiger partial charge in [0.1, 0.15) is 11.6 Å². The Hall–Kier alpha value is -2.40. The van der Waals surface area contributed by atoms with Crippen molar-refractivity contribution in [3.63, 3.8) is 0 Å². The Labute approximate surface area is 140 Å². The Kier molecular flexibility index (Phi) is 4.57. The van der Waals surface area contributed by atoms with E-state index in [-0.39, 0.29) is 0 Å². The summed E-state index contributed by atoms with van der Waals surface area (Å²) >= 11 is 1.58. The summed E-state index contributed by atoms with van der Waals surface area (Å²) in [4.78, 5) is 8.78. The fourth-order valence-electron chi connectivity index (χ4n) is 2.35. The highest BCUT2D eigenvalue weighted by Gasteiger charge is 2.06. The van der Waals surface area contributed by atoms with Crippen LogP contribution < -0.4 is 10.1 Å². The first-order valence-corrected chi connectivity index (χ1v) is 8.42. The molecule has 23 heavy (non-hydrogen) atoms. The number of benzene rings is 1. The molecule has 0 saturated carbocycles. The Bertz CT molecular complexity index is 814. The Morgan fingerprint density at radius 3 is 2.65 bits per heavy atom. The van der Waals surface area contributed by atoms with Crippen LogP contribution in [0.25, 0.3) is 11.1 Å². The molecule has 0 aliphatic carbocycles. The quantitative estimate of drug-likeness (QED) is 0.720. The van der Waals surface area contributed by atoms with Crippen molar-refractivity contribution in [1.29, 1.82) is 0 Å². The van der Waals surface area contributed by atoms with Crippen molar-refractivity contribution >= 4 is 22.3 Å². The van der Waals surface area contributed by atoms with Gasteiger partial charge in [0.25, 0.3) is 0 Å². The lowest BCUT2D eigenvalue weighted by Crippen LogP contribution is -1.95. The van der Waals surface area contributed by atoms with Gasteiger partial charge in [0.15, 0.2) is 5.13 Å². The zero-order chi connectivity index (χ0) is 16.2. The Morgan fingerprint density at radius 1 is 1.13 bits per heavy atom. The molecule has 0 bridgehead atoms. The molecule has 3 aromatic rings. The largest absolute Gasteiger partial charge is 0.494 e. The first-order valence-electron chi connectivity index (χ1n) is 7.54. The highest BCUT2D eigenvalue weighted by Crippen LogP contribution is 2.28. The molecule has 1 N–H and O–H groups in total. The molecule has 2 aromatic heterocycles. The average molecular weight is 325 g/mol. The summed E-state index contributed by atoms with van der Waals surface area (Å²) in [6, 6.07) is 10.3. The number of anilines is 2. The van der Waals surface area contributed by atoms with E-state index in [9.17, 15) is 0 Å². The molecule has 0 saturated heterocycles. The van der Waals surface area contributed by atoms with Gasteiger partial charge >= 0.3 is 0 Å². The van der Waals surface area contributed by atoms with Crippen LogP contribution in [0.15, 0.2) is 41.9 Å². The summed E-state index contributed by atoms with van der Waals surface area (Å²) in [5.74, 6) is 1.73. The van der Waals surface area contributed by atoms with Crippen molar-refractivity contribution in [1.82, 2.24) is 9.97 Å². The van der Waals surface area contributed by atoms with E-state index < -0.39 is 0 Å². The molecule has 2 heterocycles. The van der Waals surface area contributed by atoms with E-state index in [0.717, 1.165) is 39.1 Å². The molecule has 0 radical (unpaired) electrons. The second kappa shape index (κ2) is 6.79. The first kappa shape index (κ1) is 15.5. The van der Waals surface area contributed by atoms with Gasteiger partial charge in [0.2, 0.25) is 0 Å². The number of rotatable bonds is 5. The standard InChI is InChI=1S/C18H19N3OS/c1-4-22-16-6-5-14(9-12(16)2)15-7-8-19-17(10-15)21-18-20-13(3)11-23-18/h5-11H,4H2,1-3H3,(H,19,20,21). The maximum Gasteiger partial charge on any atom is 0.188 e. The molecule has 118 valence electrons. The van der Waals surface area contributed by atoms with Gasteiger partial charge in [-0.25, -0.2) is 9.97 Å². The third-order valence-corrected chi connectivity index (χ3v) is 4.30. The van der Waals surface area contributed by atoms with Gasteiger partial charge < -0.3 is 10.1 Å². The van der Waals surface area contributed by atoms with Crippen molar-refractivity contribution in [2.75, 3.05) is 11.9 Å². The third-order valence-electron chi connectivity index (χ3n) is 3.42. The van der Waals surface area contributed by atoms with Gasteiger partial charge in [0.05, 0.1) is 12.3 Å². The van der Waals surface area contributed by atoms with Crippen LogP contribution in [0.3, 0.4) is 0 Å². The monoisotopic (exact) mass is 325 g/mol. The first-order chi connectivity index (χ1) is 11.2. The number of aryl methyl sites for hydroxylation is 2. The van der Waals surface area contributed by atoms with Crippen LogP contribution in [0.1, 0.15) is 18.2 Å². The minimum Gasteiger partial charge on any atom is -0.494 e. The minimum absolute atomic E-state index is 0.677. The van der Waals surface area contributed by atoms with Crippen LogP contribution in [-0.4, -0.2) is 16.6 Å². The van der Waals surface area contributed by atoms with Crippen LogP contribution in [-0.2, 0) is 0 Å². The molecule has 0 aliphatic heterocycles. The second-order valence-electron chi connectivity index (χ2n) is 5.26. The number of pyridine rings is 1. The number of aromatic nitrogens is 2. The van der Waals surface area contributed by atoms with E-state index in [1.807, 2.05) is 43.6 Å². The summed E-state index contributed by atoms with van der Waals surface area (Å²) in [6.45, 7) is 6.71. The van der Waals surface area contributed by atoms with Crippen LogP contribution in [0.2, 0.25) is 0 Å². The van der Waals surface area contributed by atoms with Crippen LogP contribution in [0.4, 0.5) is 10.9 Å². The molecule has 0 fully saturated rings. The van der Waals surface area contributed by atoms with Gasteiger partial charge in [0, 0.05) is 11.6 Å². The maximum absolute atomic E-state index is 5.60. The number of ether oxygens (including phenoxy) is 1. The van der Waals surface area contributed by atoms with E-state index in [2.05, 4.69) is 34.3 Å². The summed E-state index contributed by atoms with van der Waals surface area (Å²) in [7, 11) is 0. The summed E-state index contributed by atoms with van der Waals surface area (Å²) in [5, 5.41) is 6.13. The molecule has 0 unspecified atom stereocenters. The SMILES string of the molecule is CCOc1ccc(-c2ccnc(Nc3nc(C)cs3)c2)cc1C. The number of nitrogens with one attached hydrogen (secondary N) is 1. The third kappa shape index (κ3) is 3.68. The van der Waals surface area contributed by atoms with Gasteiger partial charge in [-0.05, 0) is 61.7 Å². The topological polar surface area (TPSA) is 47.0 Å². The lowest BCUT2D eigenvalue weighted by molar-refractivity contribution is 0.338. The smallest absolute Gasteiger partial charge is 0.188 e. The Morgan fingerprint density at radius 2 is 1.96 bits per heavy atom. The number of thiazole rings is 1. The fourth-order valence-corrected chi connectivity index (χ4v) is 3.04. The van der Waals surface area contributed by atoms with E-state index >= 15 is 0 Å². The molecule has 3 rings (SSSR count). The second-order valence-corrected chi connectivity index (χ2v) is 6.12. The normalized spacial score (nSPS) is 10.6. The molecule has 1 aromatic carbocycles. The van der Waals surface area contributed by atoms with Crippen LogP contribution in [0, 0.1) is 13.8 Å². The molecular weight excluding hydrogens is 306 g/mol. The van der Waals surface area contributed by atoms with E-state index in [1.165, 1.54) is 0 Å². The van der Waals surface area contributed by atoms with Crippen molar-refractivity contribution in [3.05, 3.63) is 53.2 Å². The maximum atomic E-state index is 5.60. The highest BCUT2D eigenvalue weighted by molar-refractivity contribution is 7.13. The number of nitrogens with zero attached hydrogens (tertiary/aromatic N) is 2. The van der Waals surface area contributed by atoms with Crippen molar-refractivity contribution in [2.24, 2.45) is 0 Å². The molecular formula is C18H19N3OS. The summed E-state index contributed by atoms with van der Waals surface area (Å²) in [6.07, 6.45) is 1.81. The molecule has 0 atom stereocenters. The molecule has 5 heteroatoms. The van der Waals surface area contributed by atoms with E-state index in [1.54, 1.807) is 11.3 Å². The molecule has 0 spiro atoms. The summed E-state index contributed by atoms with van der Waals surface area (Å²) < 4.78 is 5.60. The summed E-state index contributed by atoms with van der Waals surface area (Å²) in [5.41, 5.74) is 4.40. The average Bonchev–Trinajstić information content (AvgIpc) is 2.95. The van der Waals surface area contributed by atoms with E-state index in [4.69, 9.17) is 4.74 Å². The molecule has 4 nitrogen and oxygen atoms in total. The van der Waals surface area contributed by atoms with Gasteiger partial charge in [-0.15, -0.1) is 11.3 Å². The predicted molar refractivity (Wildman–Crippen MR) is 95.7 cm³/mol. The highest BCUT2D eigenvalue weighted by atomic mass is 32.1. The molecule has 0 aliphatic rings. The minimum atomic E-state index is 0.677. The predicted octanol–water partition coefficient (Wildman–Crippen LogP) is 4.96. The van der Waals surface area contributed by atoms with Crippen molar-refractivity contribution in [3.8, 4) is 16.9 Å². The van der Waals surface area contributed by atoms with Crippen molar-refractivity contribution in [2.45, 2.75) is 20.8 Å². The zero-order valence-electron chi connectivity index (χ0n) is 13.5. The van der Waals surface area contributed by atoms with Gasteiger partial charge in [-0.1, -0.05) is 6.07 Å². The number of hydrogen-bond acceptors (Lipinski definition) is 5. The Balaban J connectivity index is 1.86. The van der Waals surface area contributed by atoms with Gasteiger partial charge in [-0.3, -0.25) is 0 Å². The van der Waals surface area contributed by atoms with E-state index in [0.29, 0.717) is 6.61 Å². The number of hydrogen-bond donors (Lipinski definition) is 1. The van der Waals surface area contributed by atoms with Gasteiger partial charge in [-0.2, -0.15) is 0 Å². The lowest BCUT2D eigenvalue weighted by Gasteiger charge is -2.10. The zero-order valence-corrected chi connectivity index (χ0v) is 14.3. The van der Waals surface area contributed by atoms with Crippen LogP contribution in [0.5, 0.6) is 5.75 Å². The lowest BCUT2D eigenvalue weighted by atomic mass is 10.0.